The minimum atomic E-state index is -0.499. The highest BCUT2D eigenvalue weighted by Crippen LogP contribution is 2.35. The molecule has 3 aliphatic rings. The van der Waals surface area contributed by atoms with Gasteiger partial charge in [-0.15, -0.1) is 10.2 Å². The van der Waals surface area contributed by atoms with Gasteiger partial charge >= 0.3 is 0 Å². The molecule has 28 heavy (non-hydrogen) atoms. The topological polar surface area (TPSA) is 95.0 Å². The Bertz CT molecular complexity index is 872. The van der Waals surface area contributed by atoms with Crippen LogP contribution < -0.4 is 14.8 Å². The van der Waals surface area contributed by atoms with Crippen LogP contribution in [0.15, 0.2) is 30.3 Å². The molecule has 1 amide bonds. The molecule has 1 N–H and O–H groups in total. The van der Waals surface area contributed by atoms with Crippen molar-refractivity contribution in [3.8, 4) is 11.5 Å². The highest BCUT2D eigenvalue weighted by molar-refractivity contribution is 5.92. The first-order valence-corrected chi connectivity index (χ1v) is 9.28. The maximum atomic E-state index is 12.7. The van der Waals surface area contributed by atoms with Crippen molar-refractivity contribution < 1.29 is 23.7 Å². The number of rotatable bonds is 3. The van der Waals surface area contributed by atoms with Crippen LogP contribution in [0, 0.1) is 0 Å². The number of amides is 1. The van der Waals surface area contributed by atoms with E-state index in [9.17, 15) is 4.79 Å². The van der Waals surface area contributed by atoms with Gasteiger partial charge in [0.15, 0.2) is 28.8 Å². The molecule has 1 aromatic carbocycles. The molecule has 1 spiro atoms. The van der Waals surface area contributed by atoms with Gasteiger partial charge in [0.25, 0.3) is 5.91 Å². The van der Waals surface area contributed by atoms with E-state index in [1.807, 2.05) is 18.2 Å². The van der Waals surface area contributed by atoms with Gasteiger partial charge in [0.1, 0.15) is 0 Å². The quantitative estimate of drug-likeness (QED) is 0.858. The fraction of sp³-hybridized carbons (Fsp3) is 0.421. The van der Waals surface area contributed by atoms with Crippen LogP contribution in [0.25, 0.3) is 0 Å². The fourth-order valence-corrected chi connectivity index (χ4v) is 3.63. The maximum Gasteiger partial charge on any atom is 0.274 e. The lowest BCUT2D eigenvalue weighted by molar-refractivity contribution is -0.181. The molecule has 3 aliphatic heterocycles. The lowest BCUT2D eigenvalue weighted by Gasteiger charge is -2.37. The molecule has 1 aromatic heterocycles. The number of ether oxygens (including phenoxy) is 4. The average Bonchev–Trinajstić information content (AvgIpc) is 3.38. The van der Waals surface area contributed by atoms with Crippen molar-refractivity contribution in [3.63, 3.8) is 0 Å². The number of benzene rings is 1. The van der Waals surface area contributed by atoms with Gasteiger partial charge in [0, 0.05) is 37.7 Å². The van der Waals surface area contributed by atoms with Crippen molar-refractivity contribution in [2.45, 2.75) is 18.6 Å². The van der Waals surface area contributed by atoms with Crippen LogP contribution >= 0.6 is 0 Å². The first kappa shape index (κ1) is 17.2. The molecule has 146 valence electrons. The number of carbonyl (C=O) groups is 1. The van der Waals surface area contributed by atoms with E-state index in [-0.39, 0.29) is 12.7 Å². The largest absolute Gasteiger partial charge is 0.454 e. The van der Waals surface area contributed by atoms with Crippen LogP contribution in [0.5, 0.6) is 11.5 Å². The molecule has 9 nitrogen and oxygen atoms in total. The standard InChI is InChI=1S/C19H20N4O5/c24-18(23-7-5-19(6-8-23)27-9-10-28-19)14-2-4-17(22-21-14)20-13-1-3-15-16(11-13)26-12-25-15/h1-4,11H,5-10,12H2,(H,20,22). The van der Waals surface area contributed by atoms with Gasteiger partial charge in [-0.3, -0.25) is 4.79 Å². The lowest BCUT2D eigenvalue weighted by Crippen LogP contribution is -2.47. The molecule has 9 heteroatoms. The SMILES string of the molecule is O=C(c1ccc(Nc2ccc3c(c2)OCO3)nn1)N1CCC2(CC1)OCCO2. The third kappa shape index (κ3) is 3.23. The molecule has 0 bridgehead atoms. The number of nitrogens with zero attached hydrogens (tertiary/aromatic N) is 3. The van der Waals surface area contributed by atoms with Crippen LogP contribution in [-0.2, 0) is 9.47 Å². The zero-order valence-electron chi connectivity index (χ0n) is 15.2. The molecule has 0 saturated carbocycles. The summed E-state index contributed by atoms with van der Waals surface area (Å²) >= 11 is 0. The van der Waals surface area contributed by atoms with Crippen molar-refractivity contribution in [1.29, 1.82) is 0 Å². The van der Waals surface area contributed by atoms with Gasteiger partial charge in [-0.05, 0) is 24.3 Å². The average molecular weight is 384 g/mol. The summed E-state index contributed by atoms with van der Waals surface area (Å²) in [7, 11) is 0. The highest BCUT2D eigenvalue weighted by Gasteiger charge is 2.41. The highest BCUT2D eigenvalue weighted by atomic mass is 16.7. The minimum absolute atomic E-state index is 0.130. The Morgan fingerprint density at radius 1 is 1.00 bits per heavy atom. The summed E-state index contributed by atoms with van der Waals surface area (Å²) in [5.74, 6) is 1.31. The van der Waals surface area contributed by atoms with E-state index in [0.29, 0.717) is 62.2 Å². The molecule has 0 unspecified atom stereocenters. The van der Waals surface area contributed by atoms with Crippen LogP contribution in [-0.4, -0.2) is 59.9 Å². The molecule has 0 aliphatic carbocycles. The second-order valence-corrected chi connectivity index (χ2v) is 6.90. The Kier molecular flexibility index (Phi) is 4.25. The van der Waals surface area contributed by atoms with Gasteiger partial charge in [0.2, 0.25) is 6.79 Å². The molecule has 0 radical (unpaired) electrons. The van der Waals surface area contributed by atoms with Crippen molar-refractivity contribution >= 4 is 17.4 Å². The van der Waals surface area contributed by atoms with Crippen LogP contribution in [0.4, 0.5) is 11.5 Å². The summed E-state index contributed by atoms with van der Waals surface area (Å²) in [4.78, 5) is 14.5. The predicted molar refractivity (Wildman–Crippen MR) is 97.7 cm³/mol. The zero-order valence-corrected chi connectivity index (χ0v) is 15.2. The van der Waals surface area contributed by atoms with Crippen molar-refractivity contribution in [2.75, 3.05) is 38.4 Å². The molecule has 2 fully saturated rings. The van der Waals surface area contributed by atoms with Gasteiger partial charge in [0.05, 0.1) is 13.2 Å². The van der Waals surface area contributed by atoms with Crippen molar-refractivity contribution in [2.24, 2.45) is 0 Å². The van der Waals surface area contributed by atoms with E-state index in [4.69, 9.17) is 18.9 Å². The van der Waals surface area contributed by atoms with Gasteiger partial charge in [-0.1, -0.05) is 0 Å². The van der Waals surface area contributed by atoms with E-state index in [0.717, 1.165) is 5.69 Å². The van der Waals surface area contributed by atoms with Crippen LogP contribution in [0.1, 0.15) is 23.3 Å². The number of hydrogen-bond donors (Lipinski definition) is 1. The number of aromatic nitrogens is 2. The molecule has 4 heterocycles. The Morgan fingerprint density at radius 3 is 2.54 bits per heavy atom. The second kappa shape index (κ2) is 6.92. The first-order valence-electron chi connectivity index (χ1n) is 9.28. The van der Waals surface area contributed by atoms with E-state index < -0.39 is 5.79 Å². The van der Waals surface area contributed by atoms with Crippen LogP contribution in [0.2, 0.25) is 0 Å². The summed E-state index contributed by atoms with van der Waals surface area (Å²) in [6.45, 7) is 2.63. The number of hydrogen-bond acceptors (Lipinski definition) is 8. The summed E-state index contributed by atoms with van der Waals surface area (Å²) in [5.41, 5.74) is 1.12. The number of piperidine rings is 1. The van der Waals surface area contributed by atoms with Crippen molar-refractivity contribution in [3.05, 3.63) is 36.0 Å². The fourth-order valence-electron chi connectivity index (χ4n) is 3.63. The summed E-state index contributed by atoms with van der Waals surface area (Å²) in [6.07, 6.45) is 1.35. The zero-order chi connectivity index (χ0) is 19.0. The Morgan fingerprint density at radius 2 is 1.79 bits per heavy atom. The molecule has 2 saturated heterocycles. The van der Waals surface area contributed by atoms with E-state index in [2.05, 4.69) is 15.5 Å². The van der Waals surface area contributed by atoms with Gasteiger partial charge in [-0.2, -0.15) is 0 Å². The number of carbonyl (C=O) groups excluding carboxylic acids is 1. The maximum absolute atomic E-state index is 12.7. The Balaban J connectivity index is 1.22. The Labute approximate surface area is 161 Å². The molecule has 2 aromatic rings. The van der Waals surface area contributed by atoms with Gasteiger partial charge in [-0.25, -0.2) is 0 Å². The third-order valence-electron chi connectivity index (χ3n) is 5.15. The molecular formula is C19H20N4O5. The molecule has 0 atom stereocenters. The van der Waals surface area contributed by atoms with E-state index >= 15 is 0 Å². The summed E-state index contributed by atoms with van der Waals surface area (Å²) < 4.78 is 22.1. The van der Waals surface area contributed by atoms with Crippen LogP contribution in [0.3, 0.4) is 0 Å². The number of fused-ring (bicyclic) bond motifs is 1. The summed E-state index contributed by atoms with van der Waals surface area (Å²) in [6, 6.07) is 8.94. The normalized spacial score (nSPS) is 19.8. The second-order valence-electron chi connectivity index (χ2n) is 6.90. The molecule has 5 rings (SSSR count). The van der Waals surface area contributed by atoms with E-state index in [1.165, 1.54) is 0 Å². The lowest BCUT2D eigenvalue weighted by atomic mass is 10.0. The Hall–Kier alpha value is -2.91. The monoisotopic (exact) mass is 384 g/mol. The summed E-state index contributed by atoms with van der Waals surface area (Å²) in [5, 5.41) is 11.4. The predicted octanol–water partition coefficient (Wildman–Crippen LogP) is 1.93. The first-order chi connectivity index (χ1) is 13.7. The number of anilines is 2. The minimum Gasteiger partial charge on any atom is -0.454 e. The van der Waals surface area contributed by atoms with Crippen molar-refractivity contribution in [1.82, 2.24) is 15.1 Å². The molecular weight excluding hydrogens is 364 g/mol. The van der Waals surface area contributed by atoms with Gasteiger partial charge < -0.3 is 29.2 Å². The smallest absolute Gasteiger partial charge is 0.274 e. The van der Waals surface area contributed by atoms with E-state index in [1.54, 1.807) is 17.0 Å². The number of nitrogens with one attached hydrogen (secondary N) is 1. The third-order valence-corrected chi connectivity index (χ3v) is 5.15. The number of likely N-dealkylation sites (tertiary alicyclic amines) is 1.